The van der Waals surface area contributed by atoms with E-state index in [4.69, 9.17) is 9.47 Å². The van der Waals surface area contributed by atoms with Crippen molar-refractivity contribution in [3.8, 4) is 28.4 Å². The van der Waals surface area contributed by atoms with Gasteiger partial charge in [-0.3, -0.25) is 4.98 Å². The van der Waals surface area contributed by atoms with Crippen LogP contribution < -0.4 is 4.74 Å². The fraction of sp³-hybridized carbons (Fsp3) is 0.462. The summed E-state index contributed by atoms with van der Waals surface area (Å²) in [6.45, 7) is 11.4. The molecular weight excluding hydrogens is 471 g/mol. The molecule has 0 bridgehead atoms. The molecule has 0 amide bonds. The first kappa shape index (κ1) is 26.9. The number of pyridine rings is 1. The average Bonchev–Trinajstić information content (AvgIpc) is 3.13. The lowest BCUT2D eigenvalue weighted by atomic mass is 10.1. The molecule has 0 saturated carbocycles. The third-order valence-electron chi connectivity index (χ3n) is 5.64. The van der Waals surface area contributed by atoms with Crippen molar-refractivity contribution in [2.24, 2.45) is 0 Å². The van der Waals surface area contributed by atoms with Crippen LogP contribution in [0.15, 0.2) is 42.6 Å². The number of benzene rings is 1. The lowest BCUT2D eigenvalue weighted by Gasteiger charge is -2.17. The number of imidazole rings is 1. The standard InChI is InChI=1S/C26H34F3N3O2Si/c1-6-7-14-34-22-11-8-20(9-12-22)23-13-10-21(17-30-23)25-31-24(26(27,28)29)19(2)32(25)18-33-15-16-35(3,4)5/h8-13,17H,6-7,14-16,18H2,1-5H3. The third-order valence-corrected chi connectivity index (χ3v) is 7.35. The summed E-state index contributed by atoms with van der Waals surface area (Å²) in [4.78, 5) is 8.43. The molecule has 190 valence electrons. The van der Waals surface area contributed by atoms with Gasteiger partial charge in [0.05, 0.1) is 12.3 Å². The van der Waals surface area contributed by atoms with Crippen LogP contribution in [0.3, 0.4) is 0 Å². The van der Waals surface area contributed by atoms with Crippen LogP contribution in [0.2, 0.25) is 25.7 Å². The largest absolute Gasteiger partial charge is 0.494 e. The van der Waals surface area contributed by atoms with E-state index in [2.05, 4.69) is 36.5 Å². The van der Waals surface area contributed by atoms with Crippen molar-refractivity contribution < 1.29 is 22.6 Å². The maximum atomic E-state index is 13.6. The highest BCUT2D eigenvalue weighted by molar-refractivity contribution is 6.76. The molecule has 0 unspecified atom stereocenters. The summed E-state index contributed by atoms with van der Waals surface area (Å²) < 4.78 is 53.7. The van der Waals surface area contributed by atoms with E-state index in [1.807, 2.05) is 24.3 Å². The predicted molar refractivity (Wildman–Crippen MR) is 135 cm³/mol. The minimum Gasteiger partial charge on any atom is -0.494 e. The Kier molecular flexibility index (Phi) is 8.77. The molecule has 0 radical (unpaired) electrons. The van der Waals surface area contributed by atoms with Crippen molar-refractivity contribution in [2.45, 2.75) is 65.3 Å². The van der Waals surface area contributed by atoms with Gasteiger partial charge >= 0.3 is 6.18 Å². The van der Waals surface area contributed by atoms with E-state index in [-0.39, 0.29) is 18.2 Å². The van der Waals surface area contributed by atoms with Crippen LogP contribution in [-0.4, -0.2) is 35.8 Å². The molecule has 5 nitrogen and oxygen atoms in total. The van der Waals surface area contributed by atoms with Gasteiger partial charge < -0.3 is 14.0 Å². The molecule has 0 spiro atoms. The summed E-state index contributed by atoms with van der Waals surface area (Å²) in [5.74, 6) is 0.992. The maximum Gasteiger partial charge on any atom is 0.435 e. The molecule has 1 aromatic carbocycles. The molecule has 35 heavy (non-hydrogen) atoms. The lowest BCUT2D eigenvalue weighted by molar-refractivity contribution is -0.141. The second kappa shape index (κ2) is 11.4. The molecule has 0 aliphatic rings. The summed E-state index contributed by atoms with van der Waals surface area (Å²) >= 11 is 0. The van der Waals surface area contributed by atoms with Gasteiger partial charge in [0.2, 0.25) is 0 Å². The molecule has 0 atom stereocenters. The normalized spacial score (nSPS) is 12.2. The number of ether oxygens (including phenoxy) is 2. The SMILES string of the molecule is CCCCOc1ccc(-c2ccc(-c3nc(C(F)(F)F)c(C)n3COCC[Si](C)(C)C)cn2)cc1. The van der Waals surface area contributed by atoms with Crippen LogP contribution in [0, 0.1) is 6.92 Å². The Morgan fingerprint density at radius 1 is 0.971 bits per heavy atom. The van der Waals surface area contributed by atoms with E-state index in [9.17, 15) is 13.2 Å². The summed E-state index contributed by atoms with van der Waals surface area (Å²) in [6.07, 6.45) is -0.918. The number of nitrogens with zero attached hydrogens (tertiary/aromatic N) is 3. The van der Waals surface area contributed by atoms with E-state index >= 15 is 0 Å². The molecule has 0 saturated heterocycles. The summed E-state index contributed by atoms with van der Waals surface area (Å²) in [5, 5.41) is 0. The van der Waals surface area contributed by atoms with Gasteiger partial charge in [-0.1, -0.05) is 33.0 Å². The second-order valence-corrected chi connectivity index (χ2v) is 15.4. The summed E-state index contributed by atoms with van der Waals surface area (Å²) in [6, 6.07) is 12.1. The zero-order valence-electron chi connectivity index (χ0n) is 21.1. The molecule has 0 fully saturated rings. The molecule has 0 aliphatic heterocycles. The first-order valence-electron chi connectivity index (χ1n) is 11.9. The van der Waals surface area contributed by atoms with E-state index in [1.54, 1.807) is 18.3 Å². The molecular formula is C26H34F3N3O2Si. The number of aromatic nitrogens is 3. The third kappa shape index (κ3) is 7.41. The number of hydrogen-bond acceptors (Lipinski definition) is 4. The van der Waals surface area contributed by atoms with Crippen molar-refractivity contribution in [1.29, 1.82) is 0 Å². The smallest absolute Gasteiger partial charge is 0.435 e. The number of halogens is 3. The van der Waals surface area contributed by atoms with Crippen LogP contribution in [0.1, 0.15) is 31.2 Å². The molecule has 0 N–H and O–H groups in total. The van der Waals surface area contributed by atoms with E-state index < -0.39 is 19.9 Å². The monoisotopic (exact) mass is 505 g/mol. The van der Waals surface area contributed by atoms with Crippen LogP contribution in [0.25, 0.3) is 22.6 Å². The molecule has 3 rings (SSSR count). The van der Waals surface area contributed by atoms with Crippen molar-refractivity contribution in [3.63, 3.8) is 0 Å². The highest BCUT2D eigenvalue weighted by Gasteiger charge is 2.37. The van der Waals surface area contributed by atoms with Crippen LogP contribution in [0.4, 0.5) is 13.2 Å². The van der Waals surface area contributed by atoms with Crippen molar-refractivity contribution >= 4 is 8.07 Å². The minimum atomic E-state index is -4.54. The fourth-order valence-corrected chi connectivity index (χ4v) is 4.22. The van der Waals surface area contributed by atoms with Gasteiger partial charge in [0.1, 0.15) is 18.3 Å². The highest BCUT2D eigenvalue weighted by atomic mass is 28.3. The van der Waals surface area contributed by atoms with Gasteiger partial charge in [-0.15, -0.1) is 0 Å². The molecule has 2 heterocycles. The zero-order chi connectivity index (χ0) is 25.6. The minimum absolute atomic E-state index is 0.00989. The number of unbranched alkanes of at least 4 members (excludes halogenated alkanes) is 1. The zero-order valence-corrected chi connectivity index (χ0v) is 22.1. The van der Waals surface area contributed by atoms with E-state index in [0.717, 1.165) is 30.2 Å². The maximum absolute atomic E-state index is 13.6. The Morgan fingerprint density at radius 2 is 1.66 bits per heavy atom. The Bertz CT molecular complexity index is 1090. The molecule has 2 aromatic heterocycles. The number of alkyl halides is 3. The first-order chi connectivity index (χ1) is 16.5. The Hall–Kier alpha value is -2.65. The first-order valence-corrected chi connectivity index (χ1v) is 15.6. The Labute approximate surface area is 206 Å². The number of rotatable bonds is 11. The second-order valence-electron chi connectivity index (χ2n) is 9.80. The van der Waals surface area contributed by atoms with Crippen molar-refractivity contribution in [1.82, 2.24) is 14.5 Å². The van der Waals surface area contributed by atoms with Gasteiger partial charge in [-0.05, 0) is 55.8 Å². The van der Waals surface area contributed by atoms with Crippen LogP contribution >= 0.6 is 0 Å². The molecule has 3 aromatic rings. The van der Waals surface area contributed by atoms with Gasteiger partial charge in [0, 0.05) is 37.7 Å². The summed E-state index contributed by atoms with van der Waals surface area (Å²) in [5.41, 5.74) is 1.24. The Balaban J connectivity index is 1.81. The average molecular weight is 506 g/mol. The van der Waals surface area contributed by atoms with Crippen LogP contribution in [-0.2, 0) is 17.6 Å². The van der Waals surface area contributed by atoms with Gasteiger partial charge in [0.15, 0.2) is 5.69 Å². The van der Waals surface area contributed by atoms with E-state index in [1.165, 1.54) is 11.5 Å². The Morgan fingerprint density at radius 3 is 2.23 bits per heavy atom. The van der Waals surface area contributed by atoms with Crippen molar-refractivity contribution in [3.05, 3.63) is 54.0 Å². The lowest BCUT2D eigenvalue weighted by Crippen LogP contribution is -2.22. The summed E-state index contributed by atoms with van der Waals surface area (Å²) in [7, 11) is -1.31. The van der Waals surface area contributed by atoms with Gasteiger partial charge in [-0.25, -0.2) is 4.98 Å². The van der Waals surface area contributed by atoms with Gasteiger partial charge in [0.25, 0.3) is 0 Å². The molecule has 9 heteroatoms. The van der Waals surface area contributed by atoms with Crippen molar-refractivity contribution in [2.75, 3.05) is 13.2 Å². The number of hydrogen-bond donors (Lipinski definition) is 0. The van der Waals surface area contributed by atoms with Crippen LogP contribution in [0.5, 0.6) is 5.75 Å². The topological polar surface area (TPSA) is 49.2 Å². The van der Waals surface area contributed by atoms with E-state index in [0.29, 0.717) is 24.5 Å². The molecule has 0 aliphatic carbocycles. The quantitative estimate of drug-likeness (QED) is 0.201. The predicted octanol–water partition coefficient (Wildman–Crippen LogP) is 7.43. The highest BCUT2D eigenvalue weighted by Crippen LogP contribution is 2.34. The van der Waals surface area contributed by atoms with Gasteiger partial charge in [-0.2, -0.15) is 13.2 Å². The fourth-order valence-electron chi connectivity index (χ4n) is 3.47.